The van der Waals surface area contributed by atoms with Crippen LogP contribution in [0, 0.1) is 5.92 Å². The van der Waals surface area contributed by atoms with Crippen molar-refractivity contribution in [2.24, 2.45) is 5.92 Å². The van der Waals surface area contributed by atoms with E-state index in [0.29, 0.717) is 12.0 Å². The number of nitrogens with one attached hydrogen (secondary N) is 2. The summed E-state index contributed by atoms with van der Waals surface area (Å²) in [4.78, 5) is 25.4. The SMILES string of the molecule is O=C(O)CC(NC(=O)NC1CCN2CCCC12)C1CC1. The highest BCUT2D eigenvalue weighted by atomic mass is 16.4. The molecule has 3 rings (SSSR count). The monoisotopic (exact) mass is 281 g/mol. The third-order valence-electron chi connectivity index (χ3n) is 4.82. The number of urea groups is 1. The molecule has 2 aliphatic heterocycles. The second-order valence-electron chi connectivity index (χ2n) is 6.30. The molecule has 3 N–H and O–H groups in total. The molecule has 1 saturated carbocycles. The van der Waals surface area contributed by atoms with E-state index in [-0.39, 0.29) is 24.5 Å². The zero-order valence-electron chi connectivity index (χ0n) is 11.7. The third kappa shape index (κ3) is 3.06. The van der Waals surface area contributed by atoms with Gasteiger partial charge in [0.25, 0.3) is 0 Å². The molecule has 0 aromatic rings. The summed E-state index contributed by atoms with van der Waals surface area (Å²) in [5.74, 6) is -0.492. The highest BCUT2D eigenvalue weighted by Gasteiger charge is 2.39. The van der Waals surface area contributed by atoms with E-state index in [0.717, 1.165) is 38.8 Å². The molecule has 3 aliphatic rings. The molecule has 20 heavy (non-hydrogen) atoms. The van der Waals surface area contributed by atoms with E-state index in [9.17, 15) is 9.59 Å². The average Bonchev–Trinajstić information content (AvgIpc) is 3.00. The number of aliphatic carboxylic acids is 1. The van der Waals surface area contributed by atoms with Crippen molar-refractivity contribution in [3.8, 4) is 0 Å². The van der Waals surface area contributed by atoms with Crippen molar-refractivity contribution in [3.05, 3.63) is 0 Å². The van der Waals surface area contributed by atoms with Gasteiger partial charge >= 0.3 is 12.0 Å². The molecular weight excluding hydrogens is 258 g/mol. The van der Waals surface area contributed by atoms with Crippen molar-refractivity contribution >= 4 is 12.0 Å². The highest BCUT2D eigenvalue weighted by Crippen LogP contribution is 2.34. The number of carbonyl (C=O) groups is 2. The predicted octanol–water partition coefficient (Wildman–Crippen LogP) is 0.776. The molecule has 3 fully saturated rings. The fraction of sp³-hybridized carbons (Fsp3) is 0.857. The topological polar surface area (TPSA) is 81.7 Å². The minimum absolute atomic E-state index is 0.0261. The first-order valence-electron chi connectivity index (χ1n) is 7.66. The molecule has 3 unspecified atom stereocenters. The summed E-state index contributed by atoms with van der Waals surface area (Å²) < 4.78 is 0. The molecule has 0 spiro atoms. The van der Waals surface area contributed by atoms with Crippen LogP contribution in [-0.4, -0.2) is 53.2 Å². The van der Waals surface area contributed by atoms with E-state index >= 15 is 0 Å². The number of amides is 2. The van der Waals surface area contributed by atoms with E-state index in [2.05, 4.69) is 15.5 Å². The summed E-state index contributed by atoms with van der Waals surface area (Å²) in [5.41, 5.74) is 0. The highest BCUT2D eigenvalue weighted by molar-refractivity contribution is 5.76. The van der Waals surface area contributed by atoms with Crippen LogP contribution in [0.3, 0.4) is 0 Å². The van der Waals surface area contributed by atoms with Crippen LogP contribution in [0.5, 0.6) is 0 Å². The first-order valence-corrected chi connectivity index (χ1v) is 7.66. The van der Waals surface area contributed by atoms with Gasteiger partial charge in [0.2, 0.25) is 0 Å². The van der Waals surface area contributed by atoms with Crippen LogP contribution < -0.4 is 10.6 Å². The van der Waals surface area contributed by atoms with Crippen LogP contribution in [0.25, 0.3) is 0 Å². The lowest BCUT2D eigenvalue weighted by Crippen LogP contribution is -2.50. The Morgan fingerprint density at radius 3 is 2.70 bits per heavy atom. The molecule has 2 heterocycles. The van der Waals surface area contributed by atoms with Gasteiger partial charge in [0, 0.05) is 24.7 Å². The van der Waals surface area contributed by atoms with E-state index in [1.807, 2.05) is 0 Å². The fourth-order valence-electron chi connectivity index (χ4n) is 3.65. The Morgan fingerprint density at radius 2 is 2.00 bits per heavy atom. The molecule has 3 atom stereocenters. The number of hydrogen-bond acceptors (Lipinski definition) is 3. The van der Waals surface area contributed by atoms with Crippen LogP contribution >= 0.6 is 0 Å². The van der Waals surface area contributed by atoms with Gasteiger partial charge in [-0.2, -0.15) is 0 Å². The lowest BCUT2D eigenvalue weighted by molar-refractivity contribution is -0.137. The Hall–Kier alpha value is -1.30. The van der Waals surface area contributed by atoms with Crippen LogP contribution in [-0.2, 0) is 4.79 Å². The Bertz CT molecular complexity index is 397. The molecule has 2 saturated heterocycles. The molecule has 6 nitrogen and oxygen atoms in total. The molecule has 112 valence electrons. The number of carbonyl (C=O) groups excluding carboxylic acids is 1. The normalized spacial score (nSPS) is 30.8. The second kappa shape index (κ2) is 5.60. The molecule has 0 aromatic carbocycles. The van der Waals surface area contributed by atoms with Crippen molar-refractivity contribution < 1.29 is 14.7 Å². The van der Waals surface area contributed by atoms with Crippen LogP contribution in [0.1, 0.15) is 38.5 Å². The van der Waals surface area contributed by atoms with Gasteiger partial charge in [0.15, 0.2) is 0 Å². The fourth-order valence-corrected chi connectivity index (χ4v) is 3.65. The second-order valence-corrected chi connectivity index (χ2v) is 6.30. The number of carboxylic acid groups (broad SMARTS) is 1. The Labute approximate surface area is 118 Å². The van der Waals surface area contributed by atoms with Crippen LogP contribution in [0.15, 0.2) is 0 Å². The summed E-state index contributed by atoms with van der Waals surface area (Å²) in [6, 6.07) is 0.303. The standard InChI is InChI=1S/C14H23N3O3/c18-13(19)8-11(9-3-4-9)16-14(20)15-10-5-7-17-6-1-2-12(10)17/h9-12H,1-8H2,(H,18,19)(H2,15,16,20). The van der Waals surface area contributed by atoms with E-state index < -0.39 is 5.97 Å². The van der Waals surface area contributed by atoms with Crippen molar-refractivity contribution in [2.75, 3.05) is 13.1 Å². The molecule has 6 heteroatoms. The summed E-state index contributed by atoms with van der Waals surface area (Å²) in [6.07, 6.45) is 5.46. The van der Waals surface area contributed by atoms with Gasteiger partial charge in [-0.25, -0.2) is 4.79 Å². The quantitative estimate of drug-likeness (QED) is 0.695. The maximum atomic E-state index is 12.1. The molecular formula is C14H23N3O3. The first-order chi connectivity index (χ1) is 9.63. The lowest BCUT2D eigenvalue weighted by atomic mass is 10.1. The van der Waals surface area contributed by atoms with Gasteiger partial charge in [-0.05, 0) is 44.6 Å². The number of rotatable bonds is 5. The van der Waals surface area contributed by atoms with Crippen molar-refractivity contribution in [2.45, 2.75) is 56.7 Å². The van der Waals surface area contributed by atoms with Gasteiger partial charge in [-0.15, -0.1) is 0 Å². The number of nitrogens with zero attached hydrogens (tertiary/aromatic N) is 1. The predicted molar refractivity (Wildman–Crippen MR) is 73.4 cm³/mol. The average molecular weight is 281 g/mol. The first kappa shape index (κ1) is 13.7. The summed E-state index contributed by atoms with van der Waals surface area (Å²) in [7, 11) is 0. The number of fused-ring (bicyclic) bond motifs is 1. The van der Waals surface area contributed by atoms with E-state index in [4.69, 9.17) is 5.11 Å². The zero-order valence-corrected chi connectivity index (χ0v) is 11.7. The largest absolute Gasteiger partial charge is 0.481 e. The van der Waals surface area contributed by atoms with Crippen molar-refractivity contribution in [1.29, 1.82) is 0 Å². The maximum Gasteiger partial charge on any atom is 0.315 e. The number of hydrogen-bond donors (Lipinski definition) is 3. The van der Waals surface area contributed by atoms with Crippen LogP contribution in [0.2, 0.25) is 0 Å². The molecule has 1 aliphatic carbocycles. The van der Waals surface area contributed by atoms with Crippen LogP contribution in [0.4, 0.5) is 4.79 Å². The smallest absolute Gasteiger partial charge is 0.315 e. The Morgan fingerprint density at radius 1 is 1.20 bits per heavy atom. The molecule has 2 amide bonds. The minimum Gasteiger partial charge on any atom is -0.481 e. The van der Waals surface area contributed by atoms with Gasteiger partial charge < -0.3 is 15.7 Å². The van der Waals surface area contributed by atoms with Gasteiger partial charge in [0.05, 0.1) is 6.42 Å². The maximum absolute atomic E-state index is 12.1. The molecule has 0 aromatic heterocycles. The number of carboxylic acids is 1. The van der Waals surface area contributed by atoms with E-state index in [1.54, 1.807) is 0 Å². The summed E-state index contributed by atoms with van der Waals surface area (Å²) in [6.45, 7) is 2.21. The summed E-state index contributed by atoms with van der Waals surface area (Å²) >= 11 is 0. The van der Waals surface area contributed by atoms with Crippen molar-refractivity contribution in [1.82, 2.24) is 15.5 Å². The van der Waals surface area contributed by atoms with Gasteiger partial charge in [-0.1, -0.05) is 0 Å². The van der Waals surface area contributed by atoms with E-state index in [1.165, 1.54) is 6.42 Å². The Balaban J connectivity index is 1.49. The van der Waals surface area contributed by atoms with Gasteiger partial charge in [-0.3, -0.25) is 9.69 Å². The Kier molecular flexibility index (Phi) is 3.83. The third-order valence-corrected chi connectivity index (χ3v) is 4.82. The molecule has 0 bridgehead atoms. The minimum atomic E-state index is -0.843. The lowest BCUT2D eigenvalue weighted by Gasteiger charge is -2.23. The zero-order chi connectivity index (χ0) is 14.1. The van der Waals surface area contributed by atoms with Gasteiger partial charge in [0.1, 0.15) is 0 Å². The summed E-state index contributed by atoms with van der Waals surface area (Å²) in [5, 5.41) is 14.8. The molecule has 0 radical (unpaired) electrons. The van der Waals surface area contributed by atoms with Crippen molar-refractivity contribution in [3.63, 3.8) is 0 Å².